The van der Waals surface area contributed by atoms with Gasteiger partial charge in [-0.2, -0.15) is 0 Å². The maximum absolute atomic E-state index is 7.27. The highest BCUT2D eigenvalue weighted by Gasteiger charge is 2.76. The number of furan rings is 1. The van der Waals surface area contributed by atoms with Crippen molar-refractivity contribution < 1.29 is 10.6 Å². The molecule has 3 aliphatic rings. The molecule has 60 heavy (non-hydrogen) atoms. The van der Waals surface area contributed by atoms with Crippen molar-refractivity contribution in [3.8, 4) is 39.1 Å². The highest BCUT2D eigenvalue weighted by atomic mass is 16.5. The van der Waals surface area contributed by atoms with Crippen molar-refractivity contribution in [2.45, 2.75) is 17.4 Å². The van der Waals surface area contributed by atoms with Crippen LogP contribution in [0.3, 0.4) is 0 Å². The number of ether oxygens (including phenoxy) is 1. The lowest BCUT2D eigenvalue weighted by molar-refractivity contribution is 0.246. The van der Waals surface area contributed by atoms with Crippen LogP contribution < -0.4 is 4.74 Å². The molecule has 0 saturated heterocycles. The molecular weight excluding hydrogens is 731 g/mol. The second kappa shape index (κ2) is 11.5. The molecular formula is C57H37NO2. The van der Waals surface area contributed by atoms with Gasteiger partial charge in [-0.25, -0.2) is 0 Å². The molecule has 14 rings (SSSR count). The summed E-state index contributed by atoms with van der Waals surface area (Å²) in [6.45, 7) is 0. The Bertz CT molecular complexity index is 3750. The minimum Gasteiger partial charge on any atom is -0.480 e. The maximum atomic E-state index is 7.27. The standard InChI is InChI=1S/C57H35NO2.H2/c1-3-11-36-29-38(22-20-34(36)9-1)42-13-5-16-45-46-17-6-14-43(54(46)59-53(42)45)39-24-26-51-47(31-39)48-32-40(25-27-52(48)58-51)44-15-7-18-50-55(44)60-57-33-56(50,57)28-8-19-49(57)41-23-21-35-10-2-4-12-37(35)30-41;/h1-32,58H,33H2;1H. The van der Waals surface area contributed by atoms with Crippen LogP contribution in [0, 0.1) is 0 Å². The summed E-state index contributed by atoms with van der Waals surface area (Å²) in [5.41, 5.74) is 14.0. The van der Waals surface area contributed by atoms with Crippen LogP contribution >= 0.6 is 0 Å². The molecule has 3 heterocycles. The highest BCUT2D eigenvalue weighted by Crippen LogP contribution is 2.74. The molecule has 1 fully saturated rings. The fraction of sp³-hybridized carbons (Fsp3) is 0.0526. The van der Waals surface area contributed by atoms with Gasteiger partial charge in [0.15, 0.2) is 0 Å². The van der Waals surface area contributed by atoms with Crippen molar-refractivity contribution in [2.75, 3.05) is 0 Å². The average Bonchev–Trinajstić information content (AvgIpc) is 3.49. The molecule has 0 bridgehead atoms. The number of aromatic amines is 1. The number of nitrogens with one attached hydrogen (secondary N) is 1. The SMILES string of the molecule is C1=CC23CC2(Oc2c(-c4ccc5[nH]c6ccc(-c7cccc8c7oc7c(-c9ccc%10ccccc%10c9)cccc78)cc6c5c4)cccc23)C(c2ccc3ccccc3c2)=C1.[HH]. The number of aromatic nitrogens is 1. The number of benzene rings is 9. The molecule has 0 radical (unpaired) electrons. The summed E-state index contributed by atoms with van der Waals surface area (Å²) in [5, 5.41) is 9.57. The van der Waals surface area contributed by atoms with Crippen LogP contribution in [-0.4, -0.2) is 10.6 Å². The molecule has 2 atom stereocenters. The van der Waals surface area contributed by atoms with E-state index in [9.17, 15) is 0 Å². The van der Waals surface area contributed by atoms with Gasteiger partial charge in [-0.15, -0.1) is 0 Å². The molecule has 9 aromatic carbocycles. The Morgan fingerprint density at radius 3 is 1.70 bits per heavy atom. The third-order valence-electron chi connectivity index (χ3n) is 13.8. The summed E-state index contributed by atoms with van der Waals surface area (Å²) < 4.78 is 14.2. The monoisotopic (exact) mass is 767 g/mol. The number of hydrogen-bond donors (Lipinski definition) is 1. The van der Waals surface area contributed by atoms with Gasteiger partial charge in [0.2, 0.25) is 0 Å². The lowest BCUT2D eigenvalue weighted by Gasteiger charge is -2.23. The molecule has 2 aliphatic carbocycles. The first-order valence-electron chi connectivity index (χ1n) is 20.9. The van der Waals surface area contributed by atoms with Gasteiger partial charge in [-0.1, -0.05) is 158 Å². The number of fused-ring (bicyclic) bond motifs is 9. The fourth-order valence-electron chi connectivity index (χ4n) is 10.9. The van der Waals surface area contributed by atoms with Gasteiger partial charge in [0, 0.05) is 68.3 Å². The first-order valence-corrected chi connectivity index (χ1v) is 20.9. The molecule has 2 unspecified atom stereocenters. The Morgan fingerprint density at radius 1 is 0.467 bits per heavy atom. The third-order valence-corrected chi connectivity index (χ3v) is 13.8. The molecule has 0 amide bonds. The van der Waals surface area contributed by atoms with Crippen molar-refractivity contribution >= 4 is 70.9 Å². The minimum atomic E-state index is -0.393. The van der Waals surface area contributed by atoms with Crippen molar-refractivity contribution in [1.82, 2.24) is 4.98 Å². The van der Waals surface area contributed by atoms with Crippen LogP contribution in [0.5, 0.6) is 5.75 Å². The van der Waals surface area contributed by atoms with E-state index in [1.54, 1.807) is 0 Å². The van der Waals surface area contributed by atoms with Crippen LogP contribution in [0.2, 0.25) is 0 Å². The maximum Gasteiger partial charge on any atom is 0.149 e. The van der Waals surface area contributed by atoms with Crippen LogP contribution in [-0.2, 0) is 5.41 Å². The largest absolute Gasteiger partial charge is 0.480 e. The van der Waals surface area contributed by atoms with E-state index >= 15 is 0 Å². The first kappa shape index (κ1) is 32.3. The van der Waals surface area contributed by atoms with Crippen LogP contribution in [0.15, 0.2) is 199 Å². The topological polar surface area (TPSA) is 38.2 Å². The van der Waals surface area contributed by atoms with Gasteiger partial charge < -0.3 is 14.1 Å². The molecule has 2 aromatic heterocycles. The van der Waals surface area contributed by atoms with E-state index in [4.69, 9.17) is 9.15 Å². The third kappa shape index (κ3) is 4.28. The lowest BCUT2D eigenvalue weighted by atomic mass is 9.83. The zero-order valence-electron chi connectivity index (χ0n) is 32.5. The second-order valence-corrected chi connectivity index (χ2v) is 16.9. The van der Waals surface area contributed by atoms with Crippen LogP contribution in [0.4, 0.5) is 0 Å². The number of rotatable bonds is 4. The average molecular weight is 768 g/mol. The summed E-state index contributed by atoms with van der Waals surface area (Å²) in [7, 11) is 0. The molecule has 282 valence electrons. The zero-order chi connectivity index (χ0) is 39.2. The Morgan fingerprint density at radius 2 is 1.02 bits per heavy atom. The Balaban J connectivity index is 0.00000381. The molecule has 1 N–H and O–H groups in total. The predicted octanol–water partition coefficient (Wildman–Crippen LogP) is 15.2. The zero-order valence-corrected chi connectivity index (χ0v) is 32.5. The molecule has 0 spiro atoms. The molecule has 11 aromatic rings. The van der Waals surface area contributed by atoms with Crippen LogP contribution in [0.25, 0.3) is 104 Å². The number of allylic oxidation sites excluding steroid dienone is 2. The van der Waals surface area contributed by atoms with Crippen molar-refractivity contribution in [3.05, 3.63) is 205 Å². The smallest absolute Gasteiger partial charge is 0.149 e. The number of para-hydroxylation sites is 3. The van der Waals surface area contributed by atoms with Gasteiger partial charge in [0.1, 0.15) is 22.5 Å². The minimum absolute atomic E-state index is 0. The van der Waals surface area contributed by atoms with Crippen molar-refractivity contribution in [2.24, 2.45) is 0 Å². The van der Waals surface area contributed by atoms with Crippen molar-refractivity contribution in [3.63, 3.8) is 0 Å². The van der Waals surface area contributed by atoms with Gasteiger partial charge in [-0.3, -0.25) is 0 Å². The van der Waals surface area contributed by atoms with E-state index in [1.165, 1.54) is 49.0 Å². The second-order valence-electron chi connectivity index (χ2n) is 16.9. The van der Waals surface area contributed by atoms with E-state index in [0.717, 1.165) is 78.5 Å². The fourth-order valence-corrected chi connectivity index (χ4v) is 10.9. The van der Waals surface area contributed by atoms with Gasteiger partial charge in [-0.05, 0) is 80.2 Å². The Hall–Kier alpha value is -7.62. The van der Waals surface area contributed by atoms with Gasteiger partial charge in [0.05, 0.1) is 5.41 Å². The summed E-state index contributed by atoms with van der Waals surface area (Å²) in [5.74, 6) is 1.00. The number of hydrogen-bond acceptors (Lipinski definition) is 2. The normalized spacial score (nSPS) is 18.9. The summed E-state index contributed by atoms with van der Waals surface area (Å²) in [4.78, 5) is 3.70. The van der Waals surface area contributed by atoms with Crippen molar-refractivity contribution in [1.29, 1.82) is 0 Å². The molecule has 1 aliphatic heterocycles. The van der Waals surface area contributed by atoms with Gasteiger partial charge >= 0.3 is 0 Å². The summed E-state index contributed by atoms with van der Waals surface area (Å²) >= 11 is 0. The highest BCUT2D eigenvalue weighted by molar-refractivity contribution is 6.15. The Kier molecular flexibility index (Phi) is 6.21. The van der Waals surface area contributed by atoms with E-state index in [0.29, 0.717) is 0 Å². The Labute approximate surface area is 347 Å². The van der Waals surface area contributed by atoms with Crippen LogP contribution in [0.1, 0.15) is 19.0 Å². The quantitative estimate of drug-likeness (QED) is 0.194. The van der Waals surface area contributed by atoms with E-state index < -0.39 is 5.60 Å². The van der Waals surface area contributed by atoms with E-state index in [2.05, 4.69) is 199 Å². The first-order chi connectivity index (χ1) is 29.6. The van der Waals surface area contributed by atoms with E-state index in [-0.39, 0.29) is 6.84 Å². The summed E-state index contributed by atoms with van der Waals surface area (Å²) in [6.07, 6.45) is 7.85. The molecule has 1 saturated carbocycles. The molecule has 3 nitrogen and oxygen atoms in total. The lowest BCUT2D eigenvalue weighted by Crippen LogP contribution is -2.26. The number of H-pyrrole nitrogens is 1. The molecule has 3 heteroatoms. The van der Waals surface area contributed by atoms with E-state index in [1.807, 2.05) is 0 Å². The van der Waals surface area contributed by atoms with Gasteiger partial charge in [0.25, 0.3) is 0 Å². The predicted molar refractivity (Wildman–Crippen MR) is 250 cm³/mol. The summed E-state index contributed by atoms with van der Waals surface area (Å²) in [6, 6.07) is 63.9.